The van der Waals surface area contributed by atoms with Crippen molar-refractivity contribution in [3.8, 4) is 0 Å². The Hall–Kier alpha value is -0.610. The third-order valence-corrected chi connectivity index (χ3v) is 3.68. The minimum Gasteiger partial charge on any atom is -0.396 e. The van der Waals surface area contributed by atoms with E-state index in [2.05, 4.69) is 5.32 Å². The van der Waals surface area contributed by atoms with E-state index in [-0.39, 0.29) is 29.9 Å². The van der Waals surface area contributed by atoms with E-state index in [1.807, 2.05) is 13.8 Å². The Balaban J connectivity index is 2.47. The average Bonchev–Trinajstić information content (AvgIpc) is 2.15. The van der Waals surface area contributed by atoms with E-state index in [1.165, 1.54) is 0 Å². The lowest BCUT2D eigenvalue weighted by molar-refractivity contribution is -0.136. The van der Waals surface area contributed by atoms with Crippen LogP contribution in [0.3, 0.4) is 0 Å². The number of carbonyl (C=O) groups excluding carboxylic acids is 1. The summed E-state index contributed by atoms with van der Waals surface area (Å²) in [5.41, 5.74) is 5.33. The zero-order valence-electron chi connectivity index (χ0n) is 9.62. The molecule has 0 heterocycles. The Morgan fingerprint density at radius 1 is 1.53 bits per heavy atom. The monoisotopic (exact) mass is 214 g/mol. The zero-order valence-corrected chi connectivity index (χ0v) is 9.62. The van der Waals surface area contributed by atoms with Gasteiger partial charge in [-0.15, -0.1) is 0 Å². The van der Waals surface area contributed by atoms with Crippen molar-refractivity contribution in [1.82, 2.24) is 5.32 Å². The number of hydrogen-bond donors (Lipinski definition) is 3. The van der Waals surface area contributed by atoms with E-state index in [4.69, 9.17) is 10.8 Å². The lowest BCUT2D eigenvalue weighted by atomic mass is 9.68. The fourth-order valence-corrected chi connectivity index (χ4v) is 1.79. The molecule has 2 atom stereocenters. The molecule has 1 rings (SSSR count). The van der Waals surface area contributed by atoms with Crippen LogP contribution in [0.2, 0.25) is 0 Å². The quantitative estimate of drug-likeness (QED) is 0.614. The fourth-order valence-electron chi connectivity index (χ4n) is 1.79. The molecule has 1 aliphatic carbocycles. The van der Waals surface area contributed by atoms with Crippen LogP contribution in [0.15, 0.2) is 0 Å². The van der Waals surface area contributed by atoms with Gasteiger partial charge in [-0.05, 0) is 25.7 Å². The molecule has 4 N–H and O–H groups in total. The Morgan fingerprint density at radius 3 is 2.47 bits per heavy atom. The van der Waals surface area contributed by atoms with Gasteiger partial charge >= 0.3 is 0 Å². The molecule has 0 saturated heterocycles. The predicted octanol–water partition coefficient (Wildman–Crippen LogP) is 0.248. The summed E-state index contributed by atoms with van der Waals surface area (Å²) in [5.74, 6) is 0.146. The number of nitrogens with two attached hydrogens (primary N) is 1. The highest BCUT2D eigenvalue weighted by Gasteiger charge is 2.43. The third-order valence-electron chi connectivity index (χ3n) is 3.68. The summed E-state index contributed by atoms with van der Waals surface area (Å²) in [6.45, 7) is 4.36. The van der Waals surface area contributed by atoms with Gasteiger partial charge in [-0.2, -0.15) is 0 Å². The maximum absolute atomic E-state index is 11.9. The van der Waals surface area contributed by atoms with Crippen LogP contribution in [-0.2, 0) is 4.79 Å². The number of nitrogens with one attached hydrogen (secondary N) is 1. The van der Waals surface area contributed by atoms with Gasteiger partial charge in [-0.3, -0.25) is 4.79 Å². The van der Waals surface area contributed by atoms with Gasteiger partial charge in [0.15, 0.2) is 0 Å². The molecule has 15 heavy (non-hydrogen) atoms. The molecule has 0 spiro atoms. The lowest BCUT2D eigenvalue weighted by Crippen LogP contribution is -2.53. The van der Waals surface area contributed by atoms with Crippen molar-refractivity contribution < 1.29 is 9.90 Å². The third kappa shape index (κ3) is 2.49. The van der Waals surface area contributed by atoms with Crippen molar-refractivity contribution in [3.63, 3.8) is 0 Å². The summed E-state index contributed by atoms with van der Waals surface area (Å²) in [7, 11) is 0. The summed E-state index contributed by atoms with van der Waals surface area (Å²) in [5, 5.41) is 11.9. The fraction of sp³-hybridized carbons (Fsp3) is 0.909. The number of aliphatic hydroxyl groups excluding tert-OH is 1. The molecule has 0 radical (unpaired) electrons. The minimum atomic E-state index is -0.316. The highest BCUT2D eigenvalue weighted by Crippen LogP contribution is 2.40. The van der Waals surface area contributed by atoms with Gasteiger partial charge in [0.05, 0.1) is 5.41 Å². The topological polar surface area (TPSA) is 75.3 Å². The summed E-state index contributed by atoms with van der Waals surface area (Å²) < 4.78 is 0. The summed E-state index contributed by atoms with van der Waals surface area (Å²) in [4.78, 5) is 11.9. The largest absolute Gasteiger partial charge is 0.396 e. The van der Waals surface area contributed by atoms with Crippen LogP contribution in [0.5, 0.6) is 0 Å². The van der Waals surface area contributed by atoms with E-state index >= 15 is 0 Å². The van der Waals surface area contributed by atoms with Crippen molar-refractivity contribution in [2.45, 2.75) is 39.2 Å². The lowest BCUT2D eigenvalue weighted by Gasteiger charge is -2.40. The Kier molecular flexibility index (Phi) is 4.11. The molecule has 1 saturated carbocycles. The highest BCUT2D eigenvalue weighted by atomic mass is 16.3. The van der Waals surface area contributed by atoms with Crippen LogP contribution in [-0.4, -0.2) is 30.2 Å². The standard InChI is InChI=1S/C11H22N2O2/c1-8(6-14)9(2)13-10(15)11(7-12)4-3-5-11/h8-9,14H,3-7,12H2,1-2H3,(H,13,15). The van der Waals surface area contributed by atoms with Gasteiger partial charge in [0.2, 0.25) is 5.91 Å². The second-order valence-corrected chi connectivity index (χ2v) is 4.76. The maximum atomic E-state index is 11.9. The van der Waals surface area contributed by atoms with E-state index in [1.54, 1.807) is 0 Å². The van der Waals surface area contributed by atoms with Crippen molar-refractivity contribution >= 4 is 5.91 Å². The number of amides is 1. The molecule has 1 amide bonds. The average molecular weight is 214 g/mol. The van der Waals surface area contributed by atoms with Gasteiger partial charge < -0.3 is 16.2 Å². The Morgan fingerprint density at radius 2 is 2.13 bits per heavy atom. The van der Waals surface area contributed by atoms with E-state index in [0.717, 1.165) is 19.3 Å². The molecule has 0 aromatic heterocycles. The van der Waals surface area contributed by atoms with Gasteiger partial charge in [0.1, 0.15) is 0 Å². The first-order chi connectivity index (χ1) is 7.05. The molecular weight excluding hydrogens is 192 g/mol. The number of rotatable bonds is 5. The second-order valence-electron chi connectivity index (χ2n) is 4.76. The van der Waals surface area contributed by atoms with Gasteiger partial charge in [0, 0.05) is 19.2 Å². The molecule has 4 heteroatoms. The van der Waals surface area contributed by atoms with Crippen LogP contribution < -0.4 is 11.1 Å². The summed E-state index contributed by atoms with van der Waals surface area (Å²) >= 11 is 0. The number of aliphatic hydroxyl groups is 1. The Labute approximate surface area is 91.2 Å². The smallest absolute Gasteiger partial charge is 0.227 e. The molecule has 4 nitrogen and oxygen atoms in total. The molecule has 1 fully saturated rings. The second kappa shape index (κ2) is 4.94. The molecular formula is C11H22N2O2. The van der Waals surface area contributed by atoms with Crippen LogP contribution in [0.1, 0.15) is 33.1 Å². The van der Waals surface area contributed by atoms with E-state index < -0.39 is 0 Å². The first-order valence-corrected chi connectivity index (χ1v) is 5.67. The molecule has 0 aliphatic heterocycles. The first-order valence-electron chi connectivity index (χ1n) is 5.67. The van der Waals surface area contributed by atoms with Crippen molar-refractivity contribution in [2.24, 2.45) is 17.1 Å². The van der Waals surface area contributed by atoms with E-state index in [0.29, 0.717) is 6.54 Å². The highest BCUT2D eigenvalue weighted by molar-refractivity contribution is 5.84. The van der Waals surface area contributed by atoms with Crippen molar-refractivity contribution in [1.29, 1.82) is 0 Å². The zero-order chi connectivity index (χ0) is 11.5. The SMILES string of the molecule is CC(CO)C(C)NC(=O)C1(CN)CCC1. The van der Waals surface area contributed by atoms with Crippen LogP contribution >= 0.6 is 0 Å². The van der Waals surface area contributed by atoms with Crippen LogP contribution in [0.25, 0.3) is 0 Å². The summed E-state index contributed by atoms with van der Waals surface area (Å²) in [6, 6.07) is 0.00604. The predicted molar refractivity (Wildman–Crippen MR) is 59.2 cm³/mol. The molecule has 1 aliphatic rings. The minimum absolute atomic E-state index is 0.00604. The molecule has 0 aromatic carbocycles. The van der Waals surface area contributed by atoms with Gasteiger partial charge in [0.25, 0.3) is 0 Å². The van der Waals surface area contributed by atoms with Crippen LogP contribution in [0, 0.1) is 11.3 Å². The van der Waals surface area contributed by atoms with Crippen molar-refractivity contribution in [3.05, 3.63) is 0 Å². The summed E-state index contributed by atoms with van der Waals surface area (Å²) in [6.07, 6.45) is 2.89. The normalized spacial score (nSPS) is 22.7. The molecule has 0 aromatic rings. The maximum Gasteiger partial charge on any atom is 0.227 e. The number of carbonyl (C=O) groups is 1. The van der Waals surface area contributed by atoms with Gasteiger partial charge in [-0.1, -0.05) is 13.3 Å². The van der Waals surface area contributed by atoms with E-state index in [9.17, 15) is 4.79 Å². The molecule has 0 bridgehead atoms. The molecule has 88 valence electrons. The Bertz CT molecular complexity index is 221. The van der Waals surface area contributed by atoms with Crippen molar-refractivity contribution in [2.75, 3.05) is 13.2 Å². The van der Waals surface area contributed by atoms with Crippen LogP contribution in [0.4, 0.5) is 0 Å². The van der Waals surface area contributed by atoms with Gasteiger partial charge in [-0.25, -0.2) is 0 Å². The molecule has 2 unspecified atom stereocenters. The number of hydrogen-bond acceptors (Lipinski definition) is 3. The first kappa shape index (κ1) is 12.5.